The molecule has 0 aromatic carbocycles. The number of rotatable bonds is 6. The number of nitrogens with zero attached hydrogens (tertiary/aromatic N) is 3. The van der Waals surface area contributed by atoms with Crippen LogP contribution in [0.4, 0.5) is 0 Å². The van der Waals surface area contributed by atoms with E-state index in [-0.39, 0.29) is 5.91 Å². The molecule has 2 aromatic rings. The second-order valence-corrected chi connectivity index (χ2v) is 5.85. The minimum absolute atomic E-state index is 0.0398. The Kier molecular flexibility index (Phi) is 4.88. The van der Waals surface area contributed by atoms with Gasteiger partial charge in [-0.25, -0.2) is 4.98 Å². The maximum absolute atomic E-state index is 12.3. The molecule has 0 atom stereocenters. The molecule has 3 rings (SSSR count). The second kappa shape index (κ2) is 7.24. The Labute approximate surface area is 130 Å². The molecular weight excluding hydrogens is 278 g/mol. The molecule has 0 bridgehead atoms. The third-order valence-electron chi connectivity index (χ3n) is 4.21. The number of unbranched alkanes of at least 4 members (excludes halogenated alkanes) is 1. The monoisotopic (exact) mass is 301 g/mol. The Morgan fingerprint density at radius 2 is 2.18 bits per heavy atom. The van der Waals surface area contributed by atoms with Gasteiger partial charge >= 0.3 is 0 Å². The molecule has 0 radical (unpaired) electrons. The van der Waals surface area contributed by atoms with Gasteiger partial charge in [0.25, 0.3) is 5.91 Å². The van der Waals surface area contributed by atoms with Gasteiger partial charge in [0.1, 0.15) is 0 Å². The molecule has 1 amide bonds. The van der Waals surface area contributed by atoms with Crippen LogP contribution in [0.5, 0.6) is 0 Å². The number of carbonyl (C=O) groups excluding carboxylic acids is 1. The minimum Gasteiger partial charge on any atom is -0.351 e. The number of hydrogen-bond donors (Lipinski definition) is 2. The molecule has 118 valence electrons. The number of carbonyl (C=O) groups is 1. The van der Waals surface area contributed by atoms with Crippen molar-refractivity contribution in [3.05, 3.63) is 35.7 Å². The number of aromatic amines is 1. The van der Waals surface area contributed by atoms with Crippen LogP contribution in [0.25, 0.3) is 0 Å². The first kappa shape index (κ1) is 14.8. The summed E-state index contributed by atoms with van der Waals surface area (Å²) in [7, 11) is 0. The van der Waals surface area contributed by atoms with Gasteiger partial charge in [0.15, 0.2) is 5.69 Å². The van der Waals surface area contributed by atoms with Crippen LogP contribution < -0.4 is 5.32 Å². The highest BCUT2D eigenvalue weighted by molar-refractivity contribution is 5.93. The van der Waals surface area contributed by atoms with Crippen LogP contribution in [0, 0.1) is 0 Å². The van der Waals surface area contributed by atoms with Crippen molar-refractivity contribution in [1.82, 2.24) is 25.1 Å². The molecule has 0 unspecified atom stereocenters. The van der Waals surface area contributed by atoms with Crippen molar-refractivity contribution in [3.63, 3.8) is 0 Å². The predicted octanol–water partition coefficient (Wildman–Crippen LogP) is 2.09. The van der Waals surface area contributed by atoms with Gasteiger partial charge in [-0.3, -0.25) is 9.89 Å². The van der Waals surface area contributed by atoms with Gasteiger partial charge < -0.3 is 9.88 Å². The van der Waals surface area contributed by atoms with Gasteiger partial charge in [-0.2, -0.15) is 5.10 Å². The normalized spacial score (nSPS) is 14.4. The third kappa shape index (κ3) is 3.55. The van der Waals surface area contributed by atoms with E-state index in [0.29, 0.717) is 12.2 Å². The Morgan fingerprint density at radius 1 is 1.27 bits per heavy atom. The van der Waals surface area contributed by atoms with E-state index >= 15 is 0 Å². The third-order valence-corrected chi connectivity index (χ3v) is 4.21. The largest absolute Gasteiger partial charge is 0.351 e. The zero-order valence-corrected chi connectivity index (χ0v) is 12.8. The summed E-state index contributed by atoms with van der Waals surface area (Å²) in [5, 5.41) is 10.3. The average molecular weight is 301 g/mol. The minimum atomic E-state index is -0.0398. The summed E-state index contributed by atoms with van der Waals surface area (Å²) in [6.07, 6.45) is 13.1. The molecule has 0 aliphatic heterocycles. The molecule has 1 aliphatic rings. The van der Waals surface area contributed by atoms with Gasteiger partial charge in [0.2, 0.25) is 0 Å². The number of nitrogens with one attached hydrogen (secondary N) is 2. The molecule has 1 aliphatic carbocycles. The first-order chi connectivity index (χ1) is 10.8. The Morgan fingerprint density at radius 3 is 3.05 bits per heavy atom. The van der Waals surface area contributed by atoms with Crippen molar-refractivity contribution in [1.29, 1.82) is 0 Å². The van der Waals surface area contributed by atoms with Crippen LogP contribution in [0.1, 0.15) is 53.8 Å². The standard InChI is InChI=1S/C16H23N5O/c22-16(18-8-4-5-10-21-11-9-17-12-21)15-13-6-2-1-3-7-14(13)19-20-15/h9,11-12H,1-8,10H2,(H,18,22)(H,19,20). The van der Waals surface area contributed by atoms with Crippen LogP contribution >= 0.6 is 0 Å². The highest BCUT2D eigenvalue weighted by Gasteiger charge is 2.20. The van der Waals surface area contributed by atoms with Crippen molar-refractivity contribution in [2.24, 2.45) is 0 Å². The van der Waals surface area contributed by atoms with Gasteiger partial charge in [-0.05, 0) is 38.5 Å². The number of fused-ring (bicyclic) bond motifs is 1. The fourth-order valence-electron chi connectivity index (χ4n) is 2.97. The summed E-state index contributed by atoms with van der Waals surface area (Å²) in [6, 6.07) is 0. The summed E-state index contributed by atoms with van der Waals surface area (Å²) in [5.41, 5.74) is 2.89. The van der Waals surface area contributed by atoms with E-state index in [0.717, 1.165) is 49.9 Å². The Hall–Kier alpha value is -2.11. The maximum Gasteiger partial charge on any atom is 0.272 e. The van der Waals surface area contributed by atoms with Gasteiger partial charge in [-0.1, -0.05) is 6.42 Å². The van der Waals surface area contributed by atoms with Crippen molar-refractivity contribution >= 4 is 5.91 Å². The molecule has 2 heterocycles. The molecule has 0 saturated heterocycles. The summed E-state index contributed by atoms with van der Waals surface area (Å²) < 4.78 is 2.05. The van der Waals surface area contributed by atoms with Gasteiger partial charge in [-0.15, -0.1) is 0 Å². The zero-order chi connectivity index (χ0) is 15.2. The lowest BCUT2D eigenvalue weighted by molar-refractivity contribution is 0.0947. The smallest absolute Gasteiger partial charge is 0.272 e. The van der Waals surface area contributed by atoms with Crippen LogP contribution in [-0.4, -0.2) is 32.2 Å². The number of amides is 1. The molecule has 6 nitrogen and oxygen atoms in total. The van der Waals surface area contributed by atoms with E-state index in [1.165, 1.54) is 12.8 Å². The summed E-state index contributed by atoms with van der Waals surface area (Å²) in [6.45, 7) is 1.63. The number of H-pyrrole nitrogens is 1. The lowest BCUT2D eigenvalue weighted by atomic mass is 10.1. The van der Waals surface area contributed by atoms with Crippen molar-refractivity contribution in [2.75, 3.05) is 6.54 Å². The SMILES string of the molecule is O=C(NCCCCn1ccnc1)c1n[nH]c2c1CCCCC2. The first-order valence-corrected chi connectivity index (χ1v) is 8.14. The van der Waals surface area contributed by atoms with E-state index in [2.05, 4.69) is 25.1 Å². The van der Waals surface area contributed by atoms with Crippen molar-refractivity contribution in [3.8, 4) is 0 Å². The number of aryl methyl sites for hydroxylation is 2. The molecule has 6 heteroatoms. The Bertz CT molecular complexity index is 602. The lowest BCUT2D eigenvalue weighted by Crippen LogP contribution is -2.26. The number of hydrogen-bond acceptors (Lipinski definition) is 3. The van der Waals surface area contributed by atoms with E-state index in [9.17, 15) is 4.79 Å². The number of aromatic nitrogens is 4. The second-order valence-electron chi connectivity index (χ2n) is 5.85. The van der Waals surface area contributed by atoms with E-state index in [1.54, 1.807) is 6.20 Å². The molecule has 22 heavy (non-hydrogen) atoms. The fourth-order valence-corrected chi connectivity index (χ4v) is 2.97. The van der Waals surface area contributed by atoms with Gasteiger partial charge in [0, 0.05) is 36.7 Å². The highest BCUT2D eigenvalue weighted by atomic mass is 16.1. The highest BCUT2D eigenvalue weighted by Crippen LogP contribution is 2.21. The molecule has 2 aromatic heterocycles. The molecular formula is C16H23N5O. The zero-order valence-electron chi connectivity index (χ0n) is 12.8. The summed E-state index contributed by atoms with van der Waals surface area (Å²) in [5.74, 6) is -0.0398. The van der Waals surface area contributed by atoms with Crippen molar-refractivity contribution < 1.29 is 4.79 Å². The molecule has 0 spiro atoms. The van der Waals surface area contributed by atoms with Crippen molar-refractivity contribution in [2.45, 2.75) is 51.5 Å². The summed E-state index contributed by atoms with van der Waals surface area (Å²) >= 11 is 0. The first-order valence-electron chi connectivity index (χ1n) is 8.14. The van der Waals surface area contributed by atoms with Crippen LogP contribution in [-0.2, 0) is 19.4 Å². The van der Waals surface area contributed by atoms with E-state index in [1.807, 2.05) is 12.5 Å². The van der Waals surface area contributed by atoms with Crippen LogP contribution in [0.3, 0.4) is 0 Å². The summed E-state index contributed by atoms with van der Waals surface area (Å²) in [4.78, 5) is 16.3. The van der Waals surface area contributed by atoms with E-state index in [4.69, 9.17) is 0 Å². The lowest BCUT2D eigenvalue weighted by Gasteiger charge is -2.06. The van der Waals surface area contributed by atoms with Crippen LogP contribution in [0.15, 0.2) is 18.7 Å². The Balaban J connectivity index is 1.45. The quantitative estimate of drug-likeness (QED) is 0.633. The molecule has 0 fully saturated rings. The van der Waals surface area contributed by atoms with Crippen LogP contribution in [0.2, 0.25) is 0 Å². The molecule has 2 N–H and O–H groups in total. The topological polar surface area (TPSA) is 75.6 Å². The number of imidazole rings is 1. The average Bonchev–Trinajstić information content (AvgIpc) is 3.12. The van der Waals surface area contributed by atoms with Gasteiger partial charge in [0.05, 0.1) is 6.33 Å². The fraction of sp³-hybridized carbons (Fsp3) is 0.562. The van der Waals surface area contributed by atoms with E-state index < -0.39 is 0 Å². The maximum atomic E-state index is 12.3. The predicted molar refractivity (Wildman–Crippen MR) is 83.6 cm³/mol. The molecule has 0 saturated carbocycles.